The lowest BCUT2D eigenvalue weighted by Crippen LogP contribution is -2.36. The van der Waals surface area contributed by atoms with Crippen molar-refractivity contribution in [3.05, 3.63) is 63.4 Å². The third-order valence-corrected chi connectivity index (χ3v) is 4.22. The van der Waals surface area contributed by atoms with Crippen LogP contribution in [0, 0.1) is 0 Å². The quantitative estimate of drug-likeness (QED) is 0.893. The van der Waals surface area contributed by atoms with Gasteiger partial charge in [-0.2, -0.15) is 0 Å². The Kier molecular flexibility index (Phi) is 3.94. The smallest absolute Gasteiger partial charge is 0.337 e. The van der Waals surface area contributed by atoms with Gasteiger partial charge in [-0.15, -0.1) is 0 Å². The zero-order valence-corrected chi connectivity index (χ0v) is 13.2. The van der Waals surface area contributed by atoms with Crippen molar-refractivity contribution >= 4 is 27.8 Å². The van der Waals surface area contributed by atoms with Gasteiger partial charge in [0, 0.05) is 35.5 Å². The van der Waals surface area contributed by atoms with E-state index in [2.05, 4.69) is 20.9 Å². The summed E-state index contributed by atoms with van der Waals surface area (Å²) in [5.41, 5.74) is 2.42. The van der Waals surface area contributed by atoms with Crippen molar-refractivity contribution in [2.75, 3.05) is 6.54 Å². The number of halogens is 1. The number of hydrogen-bond donors (Lipinski definition) is 1. The van der Waals surface area contributed by atoms with Crippen LogP contribution in [0.15, 0.2) is 41.1 Å². The SMILES string of the molecule is O=C(O)c1cncc2c1CCN(C(=O)c1cccc(Br)c1)C2. The molecule has 1 aromatic carbocycles. The van der Waals surface area contributed by atoms with E-state index in [1.807, 2.05) is 12.1 Å². The van der Waals surface area contributed by atoms with Crippen LogP contribution in [-0.4, -0.2) is 33.4 Å². The van der Waals surface area contributed by atoms with E-state index < -0.39 is 5.97 Å². The van der Waals surface area contributed by atoms with Crippen LogP contribution in [0.2, 0.25) is 0 Å². The van der Waals surface area contributed by atoms with Crippen LogP contribution in [0.1, 0.15) is 31.8 Å². The molecule has 0 radical (unpaired) electrons. The predicted octanol–water partition coefficient (Wildman–Crippen LogP) is 2.74. The van der Waals surface area contributed by atoms with Crippen molar-refractivity contribution in [3.63, 3.8) is 0 Å². The molecule has 0 fully saturated rings. The molecule has 6 heteroatoms. The zero-order chi connectivity index (χ0) is 15.7. The Hall–Kier alpha value is -2.21. The van der Waals surface area contributed by atoms with Gasteiger partial charge in [0.2, 0.25) is 0 Å². The summed E-state index contributed by atoms with van der Waals surface area (Å²) in [6.45, 7) is 0.886. The van der Waals surface area contributed by atoms with Crippen LogP contribution >= 0.6 is 15.9 Å². The number of hydrogen-bond acceptors (Lipinski definition) is 3. The first-order chi connectivity index (χ1) is 10.6. The van der Waals surface area contributed by atoms with Gasteiger partial charge in [0.15, 0.2) is 0 Å². The fourth-order valence-corrected chi connectivity index (χ4v) is 3.05. The maximum Gasteiger partial charge on any atom is 0.337 e. The fraction of sp³-hybridized carbons (Fsp3) is 0.188. The van der Waals surface area contributed by atoms with Crippen molar-refractivity contribution in [3.8, 4) is 0 Å². The van der Waals surface area contributed by atoms with E-state index in [0.29, 0.717) is 25.1 Å². The molecule has 2 aromatic rings. The summed E-state index contributed by atoms with van der Waals surface area (Å²) < 4.78 is 0.852. The number of carboxylic acid groups (broad SMARTS) is 1. The molecule has 112 valence electrons. The Morgan fingerprint density at radius 3 is 2.82 bits per heavy atom. The molecule has 1 aliphatic rings. The molecule has 0 aliphatic carbocycles. The second-order valence-corrected chi connectivity index (χ2v) is 6.03. The zero-order valence-electron chi connectivity index (χ0n) is 11.6. The molecule has 1 N–H and O–H groups in total. The van der Waals surface area contributed by atoms with Crippen LogP contribution in [-0.2, 0) is 13.0 Å². The van der Waals surface area contributed by atoms with Crippen LogP contribution < -0.4 is 0 Å². The summed E-state index contributed by atoms with van der Waals surface area (Å²) in [4.78, 5) is 29.5. The first kappa shape index (κ1) is 14.7. The Morgan fingerprint density at radius 1 is 1.27 bits per heavy atom. The number of amides is 1. The molecule has 0 spiro atoms. The van der Waals surface area contributed by atoms with Gasteiger partial charge < -0.3 is 10.0 Å². The average Bonchev–Trinajstić information content (AvgIpc) is 2.53. The van der Waals surface area contributed by atoms with Crippen LogP contribution in [0.5, 0.6) is 0 Å². The number of fused-ring (bicyclic) bond motifs is 1. The largest absolute Gasteiger partial charge is 0.478 e. The Labute approximate surface area is 135 Å². The minimum absolute atomic E-state index is 0.0623. The molecule has 3 rings (SSSR count). The minimum atomic E-state index is -0.976. The number of rotatable bonds is 2. The molecule has 22 heavy (non-hydrogen) atoms. The average molecular weight is 361 g/mol. The molecule has 5 nitrogen and oxygen atoms in total. The summed E-state index contributed by atoms with van der Waals surface area (Å²) in [7, 11) is 0. The first-order valence-corrected chi connectivity index (χ1v) is 7.59. The van der Waals surface area contributed by atoms with Gasteiger partial charge in [0.05, 0.1) is 5.56 Å². The maximum absolute atomic E-state index is 12.5. The van der Waals surface area contributed by atoms with Gasteiger partial charge in [-0.3, -0.25) is 9.78 Å². The van der Waals surface area contributed by atoms with E-state index in [1.165, 1.54) is 6.20 Å². The molecular weight excluding hydrogens is 348 g/mol. The molecule has 1 amide bonds. The number of pyridine rings is 1. The van der Waals surface area contributed by atoms with Gasteiger partial charge in [0.1, 0.15) is 0 Å². The molecule has 1 aromatic heterocycles. The molecule has 1 aliphatic heterocycles. The number of carboxylic acids is 1. The van der Waals surface area contributed by atoms with Crippen molar-refractivity contribution in [2.45, 2.75) is 13.0 Å². The van der Waals surface area contributed by atoms with Crippen molar-refractivity contribution in [1.29, 1.82) is 0 Å². The molecular formula is C16H13BrN2O3. The second kappa shape index (κ2) is 5.88. The summed E-state index contributed by atoms with van der Waals surface area (Å²) in [6.07, 6.45) is 3.54. The first-order valence-electron chi connectivity index (χ1n) is 6.80. The predicted molar refractivity (Wildman–Crippen MR) is 83.8 cm³/mol. The summed E-state index contributed by atoms with van der Waals surface area (Å²) >= 11 is 3.36. The van der Waals surface area contributed by atoms with E-state index in [-0.39, 0.29) is 11.5 Å². The van der Waals surface area contributed by atoms with Crippen molar-refractivity contribution in [1.82, 2.24) is 9.88 Å². The summed E-state index contributed by atoms with van der Waals surface area (Å²) in [5.74, 6) is -1.04. The number of aromatic nitrogens is 1. The number of benzene rings is 1. The van der Waals surface area contributed by atoms with E-state index in [1.54, 1.807) is 23.2 Å². The summed E-state index contributed by atoms with van der Waals surface area (Å²) in [6, 6.07) is 7.24. The van der Waals surface area contributed by atoms with Crippen LogP contribution in [0.3, 0.4) is 0 Å². The van der Waals surface area contributed by atoms with E-state index in [9.17, 15) is 14.7 Å². The Bertz CT molecular complexity index is 761. The number of aromatic carboxylic acids is 1. The number of carbonyl (C=O) groups excluding carboxylic acids is 1. The lowest BCUT2D eigenvalue weighted by Gasteiger charge is -2.29. The van der Waals surface area contributed by atoms with Gasteiger partial charge in [-0.25, -0.2) is 4.79 Å². The van der Waals surface area contributed by atoms with E-state index in [4.69, 9.17) is 0 Å². The lowest BCUT2D eigenvalue weighted by atomic mass is 9.96. The van der Waals surface area contributed by atoms with Gasteiger partial charge in [-0.05, 0) is 35.7 Å². The summed E-state index contributed by atoms with van der Waals surface area (Å²) in [5, 5.41) is 9.20. The maximum atomic E-state index is 12.5. The Morgan fingerprint density at radius 2 is 2.09 bits per heavy atom. The van der Waals surface area contributed by atoms with Crippen LogP contribution in [0.4, 0.5) is 0 Å². The molecule has 0 atom stereocenters. The Balaban J connectivity index is 1.87. The lowest BCUT2D eigenvalue weighted by molar-refractivity contribution is 0.0693. The highest BCUT2D eigenvalue weighted by molar-refractivity contribution is 9.10. The van der Waals surface area contributed by atoms with Crippen LogP contribution in [0.25, 0.3) is 0 Å². The molecule has 0 bridgehead atoms. The topological polar surface area (TPSA) is 70.5 Å². The third kappa shape index (κ3) is 2.74. The van der Waals surface area contributed by atoms with E-state index in [0.717, 1.165) is 15.6 Å². The monoisotopic (exact) mass is 360 g/mol. The second-order valence-electron chi connectivity index (χ2n) is 5.12. The molecule has 0 saturated carbocycles. The highest BCUT2D eigenvalue weighted by atomic mass is 79.9. The fourth-order valence-electron chi connectivity index (χ4n) is 2.66. The molecule has 0 unspecified atom stereocenters. The number of nitrogens with zero attached hydrogens (tertiary/aromatic N) is 2. The highest BCUT2D eigenvalue weighted by Crippen LogP contribution is 2.23. The van der Waals surface area contributed by atoms with E-state index >= 15 is 0 Å². The van der Waals surface area contributed by atoms with Gasteiger partial charge in [0.25, 0.3) is 5.91 Å². The van der Waals surface area contributed by atoms with Crippen molar-refractivity contribution in [2.24, 2.45) is 0 Å². The molecule has 2 heterocycles. The highest BCUT2D eigenvalue weighted by Gasteiger charge is 2.25. The number of carbonyl (C=O) groups is 2. The van der Waals surface area contributed by atoms with Gasteiger partial charge in [-0.1, -0.05) is 22.0 Å². The van der Waals surface area contributed by atoms with Gasteiger partial charge >= 0.3 is 5.97 Å². The molecule has 0 saturated heterocycles. The normalized spacial score (nSPS) is 13.6. The third-order valence-electron chi connectivity index (χ3n) is 3.73. The minimum Gasteiger partial charge on any atom is -0.478 e. The standard InChI is InChI=1S/C16H13BrN2O3/c17-12-3-1-2-10(6-12)15(20)19-5-4-13-11(9-19)7-18-8-14(13)16(21)22/h1-3,6-8H,4-5,9H2,(H,21,22). The van der Waals surface area contributed by atoms with Crippen molar-refractivity contribution < 1.29 is 14.7 Å².